The molecular formula is C35H32O2P2. The van der Waals surface area contributed by atoms with Gasteiger partial charge in [0.2, 0.25) is 0 Å². The van der Waals surface area contributed by atoms with Crippen molar-refractivity contribution in [2.45, 2.75) is 20.3 Å². The van der Waals surface area contributed by atoms with Crippen LogP contribution in [-0.4, -0.2) is 0 Å². The summed E-state index contributed by atoms with van der Waals surface area (Å²) in [5.41, 5.74) is 0. The third-order valence-corrected chi connectivity index (χ3v) is 13.3. The maximum atomic E-state index is 15.4. The summed E-state index contributed by atoms with van der Waals surface area (Å²) in [6.45, 7) is 4.02. The van der Waals surface area contributed by atoms with E-state index in [9.17, 15) is 0 Å². The first-order valence-electron chi connectivity index (χ1n) is 13.3. The van der Waals surface area contributed by atoms with Gasteiger partial charge in [0.1, 0.15) is 0 Å². The summed E-state index contributed by atoms with van der Waals surface area (Å²) in [5.74, 6) is 0. The largest absolute Gasteiger partial charge is 0.309 e. The summed E-state index contributed by atoms with van der Waals surface area (Å²) in [4.78, 5) is 0. The molecule has 4 heteroatoms. The molecule has 5 aromatic carbocycles. The van der Waals surface area contributed by atoms with Crippen molar-refractivity contribution in [3.8, 4) is 0 Å². The normalized spacial score (nSPS) is 13.9. The lowest BCUT2D eigenvalue weighted by Gasteiger charge is -2.26. The molecule has 1 unspecified atom stereocenters. The van der Waals surface area contributed by atoms with Crippen LogP contribution in [0.1, 0.15) is 20.3 Å². The number of hydrogen-bond acceptors (Lipinski definition) is 2. The average molecular weight is 547 g/mol. The van der Waals surface area contributed by atoms with Gasteiger partial charge in [0.25, 0.3) is 0 Å². The summed E-state index contributed by atoms with van der Waals surface area (Å²) in [7, 11) is -6.48. The van der Waals surface area contributed by atoms with Gasteiger partial charge in [0.05, 0.1) is 0 Å². The first-order chi connectivity index (χ1) is 19.0. The molecular weight excluding hydrogens is 514 g/mol. The number of rotatable bonds is 8. The van der Waals surface area contributed by atoms with Gasteiger partial charge in [-0.1, -0.05) is 140 Å². The highest BCUT2D eigenvalue weighted by atomic mass is 31.2. The third kappa shape index (κ3) is 4.80. The van der Waals surface area contributed by atoms with Crippen LogP contribution in [0.15, 0.2) is 151 Å². The highest BCUT2D eigenvalue weighted by Gasteiger charge is 2.36. The fourth-order valence-corrected chi connectivity index (χ4v) is 11.2. The highest BCUT2D eigenvalue weighted by Crippen LogP contribution is 2.54. The third-order valence-electron chi connectivity index (χ3n) is 7.03. The predicted molar refractivity (Wildman–Crippen MR) is 170 cm³/mol. The van der Waals surface area contributed by atoms with Gasteiger partial charge in [-0.15, -0.1) is 0 Å². The molecule has 194 valence electrons. The highest BCUT2D eigenvalue weighted by molar-refractivity contribution is 7.86. The molecule has 0 radical (unpaired) electrons. The van der Waals surface area contributed by atoms with Gasteiger partial charge in [0.15, 0.2) is 14.3 Å². The van der Waals surface area contributed by atoms with Crippen LogP contribution in [0, 0.1) is 0 Å². The summed E-state index contributed by atoms with van der Waals surface area (Å²) in [5, 5.41) is 6.39. The van der Waals surface area contributed by atoms with E-state index < -0.39 is 14.3 Å². The minimum Gasteiger partial charge on any atom is -0.309 e. The molecule has 0 aliphatic carbocycles. The molecule has 1 atom stereocenters. The number of fused-ring (bicyclic) bond motifs is 1. The molecule has 0 spiro atoms. The SMILES string of the molecule is C/C=C\C(=C/CC)P(=O)(c1ccccc1)c1ccc(P(=O)(c2ccccc2)c2ccccc2)c2ccccc12. The van der Waals surface area contributed by atoms with Crippen molar-refractivity contribution in [1.82, 2.24) is 0 Å². The van der Waals surface area contributed by atoms with E-state index in [0.717, 1.165) is 49.0 Å². The van der Waals surface area contributed by atoms with Gasteiger partial charge in [0, 0.05) is 31.8 Å². The predicted octanol–water partition coefficient (Wildman–Crippen LogP) is 7.66. The standard InChI is InChI=1S/C35H32O2P2/c1-3-16-28(17-4-2)38(36,29-18-8-5-9-19-29)34-26-27-35(33-25-15-14-24-32(33)34)39(37,30-20-10-6-11-21-30)31-22-12-7-13-23-31/h3,5-27H,4H2,1-2H3/b16-3-,28-17+. The number of benzene rings is 5. The second kappa shape index (κ2) is 11.6. The molecule has 5 rings (SSSR count). The molecule has 0 amide bonds. The maximum absolute atomic E-state index is 15.4. The Hall–Kier alpha value is -3.70. The molecule has 0 aliphatic rings. The number of hydrogen-bond donors (Lipinski definition) is 0. The molecule has 0 N–H and O–H groups in total. The van der Waals surface area contributed by atoms with Crippen LogP contribution < -0.4 is 26.5 Å². The zero-order chi connectivity index (χ0) is 27.3. The molecule has 0 heterocycles. The van der Waals surface area contributed by atoms with Crippen LogP contribution in [0.5, 0.6) is 0 Å². The summed E-state index contributed by atoms with van der Waals surface area (Å²) < 4.78 is 30.7. The van der Waals surface area contributed by atoms with Crippen molar-refractivity contribution >= 4 is 51.6 Å². The molecule has 0 fully saturated rings. The monoisotopic (exact) mass is 546 g/mol. The molecule has 0 aromatic heterocycles. The Morgan fingerprint density at radius 3 is 1.51 bits per heavy atom. The lowest BCUT2D eigenvalue weighted by molar-refractivity contribution is 0.590. The second-order valence-electron chi connectivity index (χ2n) is 9.41. The van der Waals surface area contributed by atoms with Crippen molar-refractivity contribution in [1.29, 1.82) is 0 Å². The van der Waals surface area contributed by atoms with E-state index in [0.29, 0.717) is 0 Å². The maximum Gasteiger partial charge on any atom is 0.171 e. The first kappa shape index (κ1) is 26.9. The van der Waals surface area contributed by atoms with Gasteiger partial charge in [-0.3, -0.25) is 0 Å². The van der Waals surface area contributed by atoms with Crippen LogP contribution in [-0.2, 0) is 9.13 Å². The zero-order valence-corrected chi connectivity index (χ0v) is 24.1. The number of allylic oxidation sites excluding steroid dienone is 4. The van der Waals surface area contributed by atoms with Gasteiger partial charge in [-0.2, -0.15) is 0 Å². The van der Waals surface area contributed by atoms with Crippen LogP contribution in [0.2, 0.25) is 0 Å². The smallest absolute Gasteiger partial charge is 0.171 e. The first-order valence-corrected chi connectivity index (χ1v) is 16.7. The van der Waals surface area contributed by atoms with Crippen molar-refractivity contribution in [3.63, 3.8) is 0 Å². The molecule has 0 bridgehead atoms. The van der Waals surface area contributed by atoms with Gasteiger partial charge < -0.3 is 9.13 Å². The van der Waals surface area contributed by atoms with Gasteiger partial charge in [-0.05, 0) is 36.2 Å². The summed E-state index contributed by atoms with van der Waals surface area (Å²) in [6, 6.07) is 41.0. The van der Waals surface area contributed by atoms with E-state index in [1.54, 1.807) is 0 Å². The van der Waals surface area contributed by atoms with Crippen LogP contribution in [0.3, 0.4) is 0 Å². The second-order valence-corrected chi connectivity index (χ2v) is 14.9. The van der Waals surface area contributed by atoms with Crippen molar-refractivity contribution < 1.29 is 9.13 Å². The Balaban J connectivity index is 1.87. The minimum absolute atomic E-state index is 0.755. The molecule has 0 aliphatic heterocycles. The van der Waals surface area contributed by atoms with Crippen LogP contribution in [0.25, 0.3) is 10.8 Å². The van der Waals surface area contributed by atoms with E-state index in [4.69, 9.17) is 0 Å². The minimum atomic E-state index is -3.24. The van der Waals surface area contributed by atoms with Gasteiger partial charge in [-0.25, -0.2) is 0 Å². The average Bonchev–Trinajstić information content (AvgIpc) is 3.01. The molecule has 0 saturated carbocycles. The Kier molecular flexibility index (Phi) is 7.99. The Morgan fingerprint density at radius 1 is 0.590 bits per heavy atom. The lowest BCUT2D eigenvalue weighted by atomic mass is 10.1. The fraction of sp³-hybridized carbons (Fsp3) is 0.0857. The summed E-state index contributed by atoms with van der Waals surface area (Å²) >= 11 is 0. The Bertz CT molecular complexity index is 1690. The zero-order valence-electron chi connectivity index (χ0n) is 22.3. The Morgan fingerprint density at radius 2 is 1.03 bits per heavy atom. The summed E-state index contributed by atoms with van der Waals surface area (Å²) in [6.07, 6.45) is 6.75. The van der Waals surface area contributed by atoms with Gasteiger partial charge >= 0.3 is 0 Å². The van der Waals surface area contributed by atoms with E-state index in [-0.39, 0.29) is 0 Å². The molecule has 39 heavy (non-hydrogen) atoms. The van der Waals surface area contributed by atoms with E-state index in [1.807, 2.05) is 146 Å². The molecule has 2 nitrogen and oxygen atoms in total. The van der Waals surface area contributed by atoms with Crippen molar-refractivity contribution in [3.05, 3.63) is 151 Å². The fourth-order valence-electron chi connectivity index (χ4n) is 5.27. The topological polar surface area (TPSA) is 34.1 Å². The lowest BCUT2D eigenvalue weighted by Crippen LogP contribution is -2.27. The Labute approximate surface area is 231 Å². The van der Waals surface area contributed by atoms with E-state index >= 15 is 9.13 Å². The molecule has 0 saturated heterocycles. The van der Waals surface area contributed by atoms with E-state index in [2.05, 4.69) is 13.0 Å². The van der Waals surface area contributed by atoms with Crippen LogP contribution in [0.4, 0.5) is 0 Å². The van der Waals surface area contributed by atoms with Crippen molar-refractivity contribution in [2.75, 3.05) is 0 Å². The van der Waals surface area contributed by atoms with Crippen LogP contribution >= 0.6 is 14.3 Å². The quantitative estimate of drug-likeness (QED) is 0.148. The molecule has 5 aromatic rings. The van der Waals surface area contributed by atoms with Crippen molar-refractivity contribution in [2.24, 2.45) is 0 Å². The van der Waals surface area contributed by atoms with E-state index in [1.165, 1.54) is 0 Å².